The average molecular weight is 370 g/mol. The Hall–Kier alpha value is -2.16. The van der Waals surface area contributed by atoms with Crippen molar-refractivity contribution in [3.05, 3.63) is 35.6 Å². The molecule has 0 bridgehead atoms. The Morgan fingerprint density at radius 1 is 1.32 bits per heavy atom. The van der Waals surface area contributed by atoms with Crippen molar-refractivity contribution in [1.29, 1.82) is 0 Å². The van der Waals surface area contributed by atoms with Crippen molar-refractivity contribution in [1.82, 2.24) is 16.0 Å². The zero-order chi connectivity index (χ0) is 18.3. The number of amides is 1. The number of rotatable bonds is 6. The van der Waals surface area contributed by atoms with Gasteiger partial charge in [0.25, 0.3) is 0 Å². The maximum absolute atomic E-state index is 13.6. The number of hydrogen-bond donors (Lipinski definition) is 3. The molecule has 1 aromatic rings. The molecular weight excluding hydrogens is 347 g/mol. The van der Waals surface area contributed by atoms with Crippen LogP contribution in [0.4, 0.5) is 4.39 Å². The molecule has 1 amide bonds. The monoisotopic (exact) mass is 370 g/mol. The fourth-order valence-electron chi connectivity index (χ4n) is 2.54. The zero-order valence-electron chi connectivity index (χ0n) is 14.1. The molecule has 0 spiro atoms. The van der Waals surface area contributed by atoms with Crippen LogP contribution in [0.5, 0.6) is 0 Å². The molecule has 0 aromatic heterocycles. The van der Waals surface area contributed by atoms with Gasteiger partial charge in [0.1, 0.15) is 5.82 Å². The number of carbonyl (C=O) groups is 1. The van der Waals surface area contributed by atoms with Gasteiger partial charge in [0.05, 0.1) is 11.5 Å². The molecule has 1 fully saturated rings. The number of nitrogens with one attached hydrogen (secondary N) is 3. The first-order valence-electron chi connectivity index (χ1n) is 8.07. The van der Waals surface area contributed by atoms with Crippen molar-refractivity contribution in [2.75, 3.05) is 25.1 Å². The molecule has 1 aliphatic heterocycles. The Morgan fingerprint density at radius 3 is 2.72 bits per heavy atom. The van der Waals surface area contributed by atoms with Gasteiger partial charge in [-0.05, 0) is 12.5 Å². The van der Waals surface area contributed by atoms with E-state index in [9.17, 15) is 17.6 Å². The van der Waals surface area contributed by atoms with Gasteiger partial charge in [0, 0.05) is 38.2 Å². The summed E-state index contributed by atoms with van der Waals surface area (Å²) in [5.41, 5.74) is 0.519. The van der Waals surface area contributed by atoms with E-state index in [0.29, 0.717) is 24.5 Å². The Morgan fingerprint density at radius 2 is 2.08 bits per heavy atom. The lowest BCUT2D eigenvalue weighted by Gasteiger charge is -2.13. The molecule has 1 heterocycles. The smallest absolute Gasteiger partial charge is 0.222 e. The lowest BCUT2D eigenvalue weighted by atomic mass is 10.2. The van der Waals surface area contributed by atoms with Gasteiger partial charge in [-0.2, -0.15) is 0 Å². The normalized spacial score (nSPS) is 19.4. The van der Waals surface area contributed by atoms with E-state index in [0.717, 1.165) is 0 Å². The summed E-state index contributed by atoms with van der Waals surface area (Å²) in [7, 11) is -1.42. The van der Waals surface area contributed by atoms with E-state index in [-0.39, 0.29) is 42.2 Å². The Labute approximate surface area is 147 Å². The number of sulfone groups is 1. The maximum atomic E-state index is 13.6. The van der Waals surface area contributed by atoms with Crippen molar-refractivity contribution >= 4 is 21.7 Å². The SMILES string of the molecule is CN=C(NCCC(=O)NC1CCS(=O)(=O)C1)NCc1ccccc1F. The fourth-order valence-corrected chi connectivity index (χ4v) is 4.22. The number of guanidine groups is 1. The molecule has 3 N–H and O–H groups in total. The van der Waals surface area contributed by atoms with E-state index in [1.807, 2.05) is 0 Å². The standard InChI is InChI=1S/C16H23FN4O3S/c1-18-16(20-10-12-4-2-3-5-14(12)17)19-8-6-15(22)21-13-7-9-25(23,24)11-13/h2-5,13H,6-11H2,1H3,(H,21,22)(H2,18,19,20). The van der Waals surface area contributed by atoms with Gasteiger partial charge in [-0.25, -0.2) is 12.8 Å². The van der Waals surface area contributed by atoms with Crippen LogP contribution in [-0.4, -0.2) is 51.4 Å². The van der Waals surface area contributed by atoms with Crippen molar-refractivity contribution in [3.8, 4) is 0 Å². The molecule has 25 heavy (non-hydrogen) atoms. The number of benzene rings is 1. The van der Waals surface area contributed by atoms with Crippen LogP contribution in [-0.2, 0) is 21.2 Å². The molecule has 9 heteroatoms. The first-order chi connectivity index (χ1) is 11.9. The van der Waals surface area contributed by atoms with Crippen LogP contribution in [0.2, 0.25) is 0 Å². The second kappa shape index (κ2) is 8.80. The number of halogens is 1. The molecule has 1 aliphatic rings. The van der Waals surface area contributed by atoms with Crippen molar-refractivity contribution in [3.63, 3.8) is 0 Å². The Kier molecular flexibility index (Phi) is 6.74. The first-order valence-corrected chi connectivity index (χ1v) is 9.89. The third-order valence-electron chi connectivity index (χ3n) is 3.87. The number of carbonyl (C=O) groups excluding carboxylic acids is 1. The highest BCUT2D eigenvalue weighted by atomic mass is 32.2. The predicted octanol–water partition coefficient (Wildman–Crippen LogP) is 0.184. The molecule has 2 rings (SSSR count). The van der Waals surface area contributed by atoms with Crippen LogP contribution < -0.4 is 16.0 Å². The second-order valence-corrected chi connectivity index (χ2v) is 8.09. The van der Waals surface area contributed by atoms with Crippen LogP contribution in [0.25, 0.3) is 0 Å². The summed E-state index contributed by atoms with van der Waals surface area (Å²) < 4.78 is 36.3. The summed E-state index contributed by atoms with van der Waals surface area (Å²) in [6, 6.07) is 6.15. The second-order valence-electron chi connectivity index (χ2n) is 5.86. The van der Waals surface area contributed by atoms with E-state index in [1.54, 1.807) is 25.2 Å². The Balaban J connectivity index is 1.69. The van der Waals surface area contributed by atoms with Crippen molar-refractivity contribution in [2.24, 2.45) is 4.99 Å². The van der Waals surface area contributed by atoms with Gasteiger partial charge < -0.3 is 16.0 Å². The van der Waals surface area contributed by atoms with Gasteiger partial charge in [-0.15, -0.1) is 0 Å². The third kappa shape index (κ3) is 6.33. The van der Waals surface area contributed by atoms with E-state index in [4.69, 9.17) is 0 Å². The Bertz CT molecular complexity index is 737. The summed E-state index contributed by atoms with van der Waals surface area (Å²) in [6.45, 7) is 0.612. The highest BCUT2D eigenvalue weighted by Gasteiger charge is 2.28. The summed E-state index contributed by atoms with van der Waals surface area (Å²) in [6.07, 6.45) is 0.657. The topological polar surface area (TPSA) is 99.7 Å². The van der Waals surface area contributed by atoms with Gasteiger partial charge in [-0.3, -0.25) is 9.79 Å². The van der Waals surface area contributed by atoms with Gasteiger partial charge in [0.2, 0.25) is 5.91 Å². The summed E-state index contributed by atoms with van der Waals surface area (Å²) in [4.78, 5) is 15.9. The minimum Gasteiger partial charge on any atom is -0.356 e. The molecule has 0 radical (unpaired) electrons. The van der Waals surface area contributed by atoms with E-state index < -0.39 is 9.84 Å². The number of aliphatic imine (C=N–C) groups is 1. The lowest BCUT2D eigenvalue weighted by molar-refractivity contribution is -0.121. The van der Waals surface area contributed by atoms with Crippen molar-refractivity contribution in [2.45, 2.75) is 25.4 Å². The molecule has 7 nitrogen and oxygen atoms in total. The zero-order valence-corrected chi connectivity index (χ0v) is 14.9. The van der Waals surface area contributed by atoms with E-state index in [2.05, 4.69) is 20.9 Å². The van der Waals surface area contributed by atoms with Crippen LogP contribution in [0.1, 0.15) is 18.4 Å². The van der Waals surface area contributed by atoms with Crippen LogP contribution >= 0.6 is 0 Å². The van der Waals surface area contributed by atoms with Crippen LogP contribution in [0.3, 0.4) is 0 Å². The number of hydrogen-bond acceptors (Lipinski definition) is 4. The fraction of sp³-hybridized carbons (Fsp3) is 0.500. The summed E-state index contributed by atoms with van der Waals surface area (Å²) in [5, 5.41) is 8.66. The van der Waals surface area contributed by atoms with Crippen LogP contribution in [0, 0.1) is 5.82 Å². The molecule has 1 aromatic carbocycles. The third-order valence-corrected chi connectivity index (χ3v) is 5.64. The predicted molar refractivity (Wildman–Crippen MR) is 94.4 cm³/mol. The maximum Gasteiger partial charge on any atom is 0.222 e. The molecule has 1 unspecified atom stereocenters. The minimum absolute atomic E-state index is 0.0119. The van der Waals surface area contributed by atoms with E-state index in [1.165, 1.54) is 6.07 Å². The van der Waals surface area contributed by atoms with Gasteiger partial charge in [0.15, 0.2) is 15.8 Å². The van der Waals surface area contributed by atoms with Gasteiger partial charge in [-0.1, -0.05) is 18.2 Å². The van der Waals surface area contributed by atoms with Gasteiger partial charge >= 0.3 is 0 Å². The quantitative estimate of drug-likeness (QED) is 0.490. The molecule has 1 saturated heterocycles. The lowest BCUT2D eigenvalue weighted by Crippen LogP contribution is -2.41. The van der Waals surface area contributed by atoms with Crippen LogP contribution in [0.15, 0.2) is 29.3 Å². The summed E-state index contributed by atoms with van der Waals surface area (Å²) in [5.74, 6) is 0.0934. The van der Waals surface area contributed by atoms with E-state index >= 15 is 0 Å². The number of nitrogens with zero attached hydrogens (tertiary/aromatic N) is 1. The molecule has 1 atom stereocenters. The first kappa shape index (κ1) is 19.2. The van der Waals surface area contributed by atoms with Crippen molar-refractivity contribution < 1.29 is 17.6 Å². The highest BCUT2D eigenvalue weighted by Crippen LogP contribution is 2.11. The molecule has 138 valence electrons. The average Bonchev–Trinajstić information content (AvgIpc) is 2.90. The highest BCUT2D eigenvalue weighted by molar-refractivity contribution is 7.91. The largest absolute Gasteiger partial charge is 0.356 e. The molecule has 0 aliphatic carbocycles. The molecule has 0 saturated carbocycles. The minimum atomic E-state index is -3.01. The molecular formula is C16H23FN4O3S. The summed E-state index contributed by atoms with van der Waals surface area (Å²) >= 11 is 0.